The van der Waals surface area contributed by atoms with Crippen LogP contribution in [0.1, 0.15) is 68.3 Å². The molecule has 1 spiro atoms. The SMILES string of the molecule is COC(=O)Cn1c2c(c(=O)n3nc(-c4ccc(C=O)cc4F)nc13)C1(CCN(C(=O)OC(C)(C)C)CC1)OC2C. The normalized spacial score (nSPS) is 18.1. The number of rotatable bonds is 4. The number of ether oxygens (including phenoxy) is 3. The third-order valence-corrected chi connectivity index (χ3v) is 7.14. The van der Waals surface area contributed by atoms with Gasteiger partial charge in [-0.15, -0.1) is 5.10 Å². The van der Waals surface area contributed by atoms with E-state index < -0.39 is 40.7 Å². The van der Waals surface area contributed by atoms with Gasteiger partial charge in [-0.3, -0.25) is 19.0 Å². The van der Waals surface area contributed by atoms with Crippen molar-refractivity contribution in [2.75, 3.05) is 20.2 Å². The molecule has 1 unspecified atom stereocenters. The number of methoxy groups -OCH3 is 1. The van der Waals surface area contributed by atoms with Crippen LogP contribution >= 0.6 is 0 Å². The van der Waals surface area contributed by atoms with Crippen LogP contribution in [-0.4, -0.2) is 68.2 Å². The largest absolute Gasteiger partial charge is 0.468 e. The second-order valence-electron chi connectivity index (χ2n) is 11.0. The number of carbonyl (C=O) groups is 3. The van der Waals surface area contributed by atoms with Crippen LogP contribution in [0.4, 0.5) is 9.18 Å². The lowest BCUT2D eigenvalue weighted by molar-refractivity contribution is -0.141. The van der Waals surface area contributed by atoms with Gasteiger partial charge in [-0.25, -0.2) is 9.18 Å². The Labute approximate surface area is 228 Å². The monoisotopic (exact) mass is 555 g/mol. The van der Waals surface area contributed by atoms with Gasteiger partial charge in [-0.1, -0.05) is 6.07 Å². The van der Waals surface area contributed by atoms with Crippen LogP contribution in [0.5, 0.6) is 0 Å². The van der Waals surface area contributed by atoms with Crippen molar-refractivity contribution in [2.24, 2.45) is 0 Å². The highest BCUT2D eigenvalue weighted by Crippen LogP contribution is 2.48. The summed E-state index contributed by atoms with van der Waals surface area (Å²) in [5.74, 6) is -1.40. The number of nitrogens with zero attached hydrogens (tertiary/aromatic N) is 5. The Kier molecular flexibility index (Phi) is 6.73. The molecule has 3 aromatic rings. The van der Waals surface area contributed by atoms with Crippen LogP contribution in [0.25, 0.3) is 17.2 Å². The Morgan fingerprint density at radius 2 is 1.95 bits per heavy atom. The molecule has 4 heterocycles. The topological polar surface area (TPSA) is 134 Å². The first kappa shape index (κ1) is 27.4. The van der Waals surface area contributed by atoms with E-state index in [4.69, 9.17) is 14.2 Å². The number of esters is 1. The number of benzene rings is 1. The summed E-state index contributed by atoms with van der Waals surface area (Å²) >= 11 is 0. The standard InChI is InChI=1S/C27H30FN5O7/c1-15-21-20(27(39-15)8-10-31(11-9-27)25(37)40-26(2,3)4)23(36)33-24(32(21)13-19(35)38-5)29-22(30-33)17-7-6-16(14-34)12-18(17)28/h6-7,12,14-15H,8-11,13H2,1-5H3. The molecule has 40 heavy (non-hydrogen) atoms. The Hall–Kier alpha value is -4.13. The number of halogens is 1. The molecule has 12 nitrogen and oxygen atoms in total. The maximum absolute atomic E-state index is 14.8. The van der Waals surface area contributed by atoms with Gasteiger partial charge in [0.05, 0.1) is 30.0 Å². The molecule has 13 heteroatoms. The van der Waals surface area contributed by atoms with Crippen molar-refractivity contribution in [3.63, 3.8) is 0 Å². The summed E-state index contributed by atoms with van der Waals surface area (Å²) in [5, 5.41) is 4.31. The van der Waals surface area contributed by atoms with Crippen molar-refractivity contribution in [1.29, 1.82) is 0 Å². The first-order valence-corrected chi connectivity index (χ1v) is 12.9. The van der Waals surface area contributed by atoms with E-state index in [1.54, 1.807) is 32.6 Å². The summed E-state index contributed by atoms with van der Waals surface area (Å²) in [7, 11) is 1.25. The lowest BCUT2D eigenvalue weighted by atomic mass is 9.85. The van der Waals surface area contributed by atoms with Gasteiger partial charge in [-0.2, -0.15) is 9.50 Å². The van der Waals surface area contributed by atoms with Gasteiger partial charge in [0, 0.05) is 18.7 Å². The number of aromatic nitrogens is 4. The summed E-state index contributed by atoms with van der Waals surface area (Å²) in [5.41, 5.74) is -1.31. The molecule has 0 radical (unpaired) electrons. The molecule has 2 aliphatic heterocycles. The molecule has 1 atom stereocenters. The average molecular weight is 556 g/mol. The molecule has 2 aliphatic rings. The molecular formula is C27H30FN5O7. The summed E-state index contributed by atoms with van der Waals surface area (Å²) in [6, 6.07) is 3.83. The summed E-state index contributed by atoms with van der Waals surface area (Å²) in [4.78, 5) is 56.1. The molecule has 1 amide bonds. The van der Waals surface area contributed by atoms with Crippen LogP contribution in [0.15, 0.2) is 23.0 Å². The van der Waals surface area contributed by atoms with E-state index in [1.807, 2.05) is 0 Å². The second-order valence-corrected chi connectivity index (χ2v) is 11.0. The highest BCUT2D eigenvalue weighted by atomic mass is 19.1. The number of amides is 1. The molecule has 0 bridgehead atoms. The predicted molar refractivity (Wildman–Crippen MR) is 138 cm³/mol. The van der Waals surface area contributed by atoms with Crippen LogP contribution in [0, 0.1) is 5.82 Å². The zero-order valence-electron chi connectivity index (χ0n) is 22.9. The molecular weight excluding hydrogens is 525 g/mol. The first-order valence-electron chi connectivity index (χ1n) is 12.9. The van der Waals surface area contributed by atoms with Crippen molar-refractivity contribution in [1.82, 2.24) is 24.1 Å². The quantitative estimate of drug-likeness (QED) is 0.352. The molecule has 0 aliphatic carbocycles. The predicted octanol–water partition coefficient (Wildman–Crippen LogP) is 3.00. The third-order valence-electron chi connectivity index (χ3n) is 7.14. The fourth-order valence-corrected chi connectivity index (χ4v) is 5.37. The lowest BCUT2D eigenvalue weighted by Gasteiger charge is -2.39. The Balaban J connectivity index is 1.62. The van der Waals surface area contributed by atoms with Gasteiger partial charge < -0.3 is 19.1 Å². The fourth-order valence-electron chi connectivity index (χ4n) is 5.37. The van der Waals surface area contributed by atoms with Crippen LogP contribution in [0.2, 0.25) is 0 Å². The number of piperidine rings is 1. The van der Waals surface area contributed by atoms with Crippen LogP contribution in [-0.2, 0) is 31.2 Å². The Morgan fingerprint density at radius 1 is 1.25 bits per heavy atom. The van der Waals surface area contributed by atoms with Crippen molar-refractivity contribution >= 4 is 24.1 Å². The number of likely N-dealkylation sites (tertiary alicyclic amines) is 1. The highest BCUT2D eigenvalue weighted by Gasteiger charge is 2.50. The number of hydrogen-bond donors (Lipinski definition) is 0. The minimum absolute atomic E-state index is 0.0110. The van der Waals surface area contributed by atoms with E-state index in [-0.39, 0.29) is 42.4 Å². The van der Waals surface area contributed by atoms with Crippen LogP contribution in [0.3, 0.4) is 0 Å². The zero-order chi connectivity index (χ0) is 29.0. The van der Waals surface area contributed by atoms with Crippen molar-refractivity contribution in [3.8, 4) is 11.4 Å². The Bertz CT molecular complexity index is 1580. The van der Waals surface area contributed by atoms with Crippen molar-refractivity contribution in [3.05, 3.63) is 51.2 Å². The van der Waals surface area contributed by atoms with Gasteiger partial charge >= 0.3 is 12.1 Å². The summed E-state index contributed by atoms with van der Waals surface area (Å²) in [6.07, 6.45) is 0.0892. The Morgan fingerprint density at radius 3 is 2.55 bits per heavy atom. The molecule has 1 saturated heterocycles. The average Bonchev–Trinajstić information content (AvgIpc) is 3.45. The van der Waals surface area contributed by atoms with E-state index in [0.29, 0.717) is 30.4 Å². The first-order chi connectivity index (χ1) is 18.9. The van der Waals surface area contributed by atoms with Gasteiger partial charge in [0.15, 0.2) is 5.82 Å². The van der Waals surface area contributed by atoms with E-state index in [2.05, 4.69) is 10.1 Å². The van der Waals surface area contributed by atoms with Gasteiger partial charge in [0.1, 0.15) is 29.9 Å². The molecule has 212 valence electrons. The minimum Gasteiger partial charge on any atom is -0.468 e. The number of carbonyl (C=O) groups excluding carboxylic acids is 3. The summed E-state index contributed by atoms with van der Waals surface area (Å²) in [6.45, 7) is 7.42. The molecule has 0 N–H and O–H groups in total. The van der Waals surface area contributed by atoms with Gasteiger partial charge in [0.2, 0.25) is 5.78 Å². The number of fused-ring (bicyclic) bond motifs is 3. The van der Waals surface area contributed by atoms with Gasteiger partial charge in [0.25, 0.3) is 5.56 Å². The van der Waals surface area contributed by atoms with E-state index in [0.717, 1.165) is 10.6 Å². The van der Waals surface area contributed by atoms with E-state index in [9.17, 15) is 23.6 Å². The van der Waals surface area contributed by atoms with Gasteiger partial charge in [-0.05, 0) is 52.7 Å². The van der Waals surface area contributed by atoms with Crippen molar-refractivity contribution < 1.29 is 33.0 Å². The van der Waals surface area contributed by atoms with E-state index >= 15 is 0 Å². The molecule has 1 fully saturated rings. The third kappa shape index (κ3) is 4.63. The van der Waals surface area contributed by atoms with E-state index in [1.165, 1.54) is 23.8 Å². The minimum atomic E-state index is -1.04. The van der Waals surface area contributed by atoms with Crippen LogP contribution < -0.4 is 5.56 Å². The number of aldehydes is 1. The lowest BCUT2D eigenvalue weighted by Crippen LogP contribution is -2.48. The highest BCUT2D eigenvalue weighted by molar-refractivity contribution is 5.76. The van der Waals surface area contributed by atoms with Crippen molar-refractivity contribution in [2.45, 2.75) is 64.4 Å². The maximum Gasteiger partial charge on any atom is 0.410 e. The molecule has 2 aromatic heterocycles. The second kappa shape index (κ2) is 9.81. The smallest absolute Gasteiger partial charge is 0.410 e. The molecule has 0 saturated carbocycles. The number of hydrogen-bond acceptors (Lipinski definition) is 9. The fraction of sp³-hybridized carbons (Fsp3) is 0.481. The zero-order valence-corrected chi connectivity index (χ0v) is 22.9. The molecule has 1 aromatic carbocycles. The maximum atomic E-state index is 14.8. The summed E-state index contributed by atoms with van der Waals surface area (Å²) < 4.78 is 34.2. The molecule has 5 rings (SSSR count).